The highest BCUT2D eigenvalue weighted by molar-refractivity contribution is 5.79. The minimum absolute atomic E-state index is 0.644. The van der Waals surface area contributed by atoms with E-state index in [9.17, 15) is 0 Å². The third kappa shape index (κ3) is 7.37. The molecule has 0 heterocycles. The minimum Gasteiger partial charge on any atom is -0.383 e. The van der Waals surface area contributed by atoms with Crippen LogP contribution in [-0.4, -0.2) is 39.3 Å². The van der Waals surface area contributed by atoms with Crippen molar-refractivity contribution in [3.63, 3.8) is 0 Å². The van der Waals surface area contributed by atoms with Crippen LogP contribution in [0.1, 0.15) is 12.5 Å². The molecule has 0 aliphatic heterocycles. The molecule has 0 aromatic heterocycles. The van der Waals surface area contributed by atoms with Gasteiger partial charge >= 0.3 is 0 Å². The molecule has 0 spiro atoms. The maximum absolute atomic E-state index is 5.01. The molecule has 1 aromatic carbocycles. The summed E-state index contributed by atoms with van der Waals surface area (Å²) in [4.78, 5) is 4.53. The number of nitrogens with zero attached hydrogens (tertiary/aromatic N) is 1. The molecule has 116 valence electrons. The van der Waals surface area contributed by atoms with E-state index >= 15 is 0 Å². The van der Waals surface area contributed by atoms with Crippen LogP contribution in [-0.2, 0) is 11.3 Å². The highest BCUT2D eigenvalue weighted by Crippen LogP contribution is 2.10. The van der Waals surface area contributed by atoms with Crippen molar-refractivity contribution in [3.8, 4) is 0 Å². The van der Waals surface area contributed by atoms with Gasteiger partial charge in [-0.25, -0.2) is 4.99 Å². The number of rotatable bonds is 9. The van der Waals surface area contributed by atoms with E-state index in [0.29, 0.717) is 19.7 Å². The second kappa shape index (κ2) is 10.7. The Hall–Kier alpha value is -2.01. The molecule has 0 saturated carbocycles. The normalized spacial score (nSPS) is 11.0. The molecule has 3 N–H and O–H groups in total. The molecular weight excluding hydrogens is 264 g/mol. The molecule has 0 unspecified atom stereocenters. The Labute approximate surface area is 127 Å². The number of benzene rings is 1. The highest BCUT2D eigenvalue weighted by atomic mass is 16.5. The zero-order valence-corrected chi connectivity index (χ0v) is 13.0. The van der Waals surface area contributed by atoms with Crippen LogP contribution in [0.3, 0.4) is 0 Å². The van der Waals surface area contributed by atoms with Gasteiger partial charge in [0.15, 0.2) is 5.96 Å². The van der Waals surface area contributed by atoms with Crippen LogP contribution in [0.2, 0.25) is 0 Å². The van der Waals surface area contributed by atoms with Crippen molar-refractivity contribution in [2.75, 3.05) is 38.7 Å². The topological polar surface area (TPSA) is 57.7 Å². The lowest BCUT2D eigenvalue weighted by atomic mass is 10.2. The number of hydrogen-bond acceptors (Lipinski definition) is 3. The third-order valence-corrected chi connectivity index (χ3v) is 2.77. The molecule has 1 aromatic rings. The minimum atomic E-state index is 0.644. The summed E-state index contributed by atoms with van der Waals surface area (Å²) in [6.07, 6.45) is 1.81. The van der Waals surface area contributed by atoms with Crippen molar-refractivity contribution in [1.29, 1.82) is 0 Å². The summed E-state index contributed by atoms with van der Waals surface area (Å²) in [5, 5.41) is 9.67. The van der Waals surface area contributed by atoms with E-state index in [1.54, 1.807) is 7.11 Å². The van der Waals surface area contributed by atoms with Crippen molar-refractivity contribution in [2.45, 2.75) is 13.5 Å². The predicted molar refractivity (Wildman–Crippen MR) is 89.8 cm³/mol. The van der Waals surface area contributed by atoms with Gasteiger partial charge in [0.2, 0.25) is 0 Å². The van der Waals surface area contributed by atoms with Crippen LogP contribution in [0.25, 0.3) is 0 Å². The van der Waals surface area contributed by atoms with E-state index in [1.165, 1.54) is 5.56 Å². The molecule has 21 heavy (non-hydrogen) atoms. The zero-order chi connectivity index (χ0) is 15.3. The summed E-state index contributed by atoms with van der Waals surface area (Å²) in [5.41, 5.74) is 2.26. The van der Waals surface area contributed by atoms with Gasteiger partial charge in [0, 0.05) is 32.4 Å². The second-order valence-electron chi connectivity index (χ2n) is 4.48. The molecule has 0 aliphatic carbocycles. The van der Waals surface area contributed by atoms with Crippen molar-refractivity contribution < 1.29 is 4.74 Å². The first kappa shape index (κ1) is 17.0. The first-order chi connectivity index (χ1) is 10.3. The first-order valence-electron chi connectivity index (χ1n) is 7.25. The van der Waals surface area contributed by atoms with Crippen molar-refractivity contribution in [3.05, 3.63) is 42.5 Å². The molecule has 0 aliphatic rings. The van der Waals surface area contributed by atoms with Crippen LogP contribution >= 0.6 is 0 Å². The van der Waals surface area contributed by atoms with Gasteiger partial charge in [0.25, 0.3) is 0 Å². The SMILES string of the molecule is C=CCNC(=NCc1ccc(NCCOC)cc1)NCC. The quantitative estimate of drug-likeness (QED) is 0.282. The van der Waals surface area contributed by atoms with E-state index in [4.69, 9.17) is 4.74 Å². The predicted octanol–water partition coefficient (Wildman–Crippen LogP) is 1.99. The number of methoxy groups -OCH3 is 1. The van der Waals surface area contributed by atoms with E-state index in [-0.39, 0.29) is 0 Å². The maximum Gasteiger partial charge on any atom is 0.191 e. The average molecular weight is 290 g/mol. The lowest BCUT2D eigenvalue weighted by Gasteiger charge is -2.10. The van der Waals surface area contributed by atoms with Gasteiger partial charge in [0.1, 0.15) is 0 Å². The second-order valence-corrected chi connectivity index (χ2v) is 4.48. The lowest BCUT2D eigenvalue weighted by Crippen LogP contribution is -2.37. The number of hydrogen-bond donors (Lipinski definition) is 3. The molecule has 0 amide bonds. The number of aliphatic imine (C=N–C) groups is 1. The lowest BCUT2D eigenvalue weighted by molar-refractivity contribution is 0.211. The standard InChI is InChI=1S/C16H26N4O/c1-4-10-19-16(17-5-2)20-13-14-6-8-15(9-7-14)18-11-12-21-3/h4,6-9,18H,1,5,10-13H2,2-3H3,(H2,17,19,20). The molecule has 1 rings (SSSR count). The number of anilines is 1. The van der Waals surface area contributed by atoms with E-state index < -0.39 is 0 Å². The van der Waals surface area contributed by atoms with Crippen LogP contribution < -0.4 is 16.0 Å². The van der Waals surface area contributed by atoms with Crippen LogP contribution in [0, 0.1) is 0 Å². The van der Waals surface area contributed by atoms with Crippen LogP contribution in [0.5, 0.6) is 0 Å². The molecule has 0 atom stereocenters. The van der Waals surface area contributed by atoms with E-state index in [0.717, 1.165) is 24.7 Å². The number of nitrogens with one attached hydrogen (secondary N) is 3. The van der Waals surface area contributed by atoms with Gasteiger partial charge in [-0.05, 0) is 24.6 Å². The Balaban J connectivity index is 2.50. The smallest absolute Gasteiger partial charge is 0.191 e. The van der Waals surface area contributed by atoms with Crippen molar-refractivity contribution in [1.82, 2.24) is 10.6 Å². The first-order valence-corrected chi connectivity index (χ1v) is 7.25. The fraction of sp³-hybridized carbons (Fsp3) is 0.438. The molecule has 0 fully saturated rings. The number of guanidine groups is 1. The fourth-order valence-electron chi connectivity index (χ4n) is 1.71. The maximum atomic E-state index is 5.01. The van der Waals surface area contributed by atoms with Gasteiger partial charge in [-0.3, -0.25) is 0 Å². The van der Waals surface area contributed by atoms with E-state index in [2.05, 4.69) is 51.8 Å². The highest BCUT2D eigenvalue weighted by Gasteiger charge is 1.97. The summed E-state index contributed by atoms with van der Waals surface area (Å²) >= 11 is 0. The van der Waals surface area contributed by atoms with Crippen LogP contribution in [0.15, 0.2) is 41.9 Å². The van der Waals surface area contributed by atoms with Gasteiger partial charge in [-0.15, -0.1) is 6.58 Å². The molecule has 5 nitrogen and oxygen atoms in total. The van der Waals surface area contributed by atoms with Gasteiger partial charge in [0.05, 0.1) is 13.2 Å². The molecule has 0 radical (unpaired) electrons. The largest absolute Gasteiger partial charge is 0.383 e. The molecule has 5 heteroatoms. The van der Waals surface area contributed by atoms with Crippen molar-refractivity contribution >= 4 is 11.6 Å². The van der Waals surface area contributed by atoms with Gasteiger partial charge in [-0.2, -0.15) is 0 Å². The average Bonchev–Trinajstić information content (AvgIpc) is 2.51. The number of ether oxygens (including phenoxy) is 1. The Morgan fingerprint density at radius 1 is 1.29 bits per heavy atom. The van der Waals surface area contributed by atoms with E-state index in [1.807, 2.05) is 13.0 Å². The monoisotopic (exact) mass is 290 g/mol. The fourth-order valence-corrected chi connectivity index (χ4v) is 1.71. The third-order valence-electron chi connectivity index (χ3n) is 2.77. The molecular formula is C16H26N4O. The summed E-state index contributed by atoms with van der Waals surface area (Å²) in [6.45, 7) is 9.43. The van der Waals surface area contributed by atoms with Crippen molar-refractivity contribution in [2.24, 2.45) is 4.99 Å². The van der Waals surface area contributed by atoms with Crippen LogP contribution in [0.4, 0.5) is 5.69 Å². The molecule has 0 saturated heterocycles. The molecule has 0 bridgehead atoms. The Morgan fingerprint density at radius 2 is 2.05 bits per heavy atom. The Morgan fingerprint density at radius 3 is 2.67 bits per heavy atom. The Bertz CT molecular complexity index is 428. The van der Waals surface area contributed by atoms with Gasteiger partial charge in [-0.1, -0.05) is 18.2 Å². The van der Waals surface area contributed by atoms with Gasteiger partial charge < -0.3 is 20.7 Å². The summed E-state index contributed by atoms with van der Waals surface area (Å²) in [5.74, 6) is 0.805. The summed E-state index contributed by atoms with van der Waals surface area (Å²) in [7, 11) is 1.70. The zero-order valence-electron chi connectivity index (χ0n) is 13.0. The Kier molecular flexibility index (Phi) is 8.72. The summed E-state index contributed by atoms with van der Waals surface area (Å²) in [6, 6.07) is 8.28. The summed E-state index contributed by atoms with van der Waals surface area (Å²) < 4.78 is 5.01.